The van der Waals surface area contributed by atoms with Crippen LogP contribution in [0.3, 0.4) is 0 Å². The van der Waals surface area contributed by atoms with E-state index in [9.17, 15) is 4.79 Å². The van der Waals surface area contributed by atoms with Gasteiger partial charge in [0, 0.05) is 25.8 Å². The number of hydrogen-bond acceptors (Lipinski definition) is 5. The molecule has 1 saturated heterocycles. The van der Waals surface area contributed by atoms with E-state index in [2.05, 4.69) is 42.3 Å². The number of nitrogens with zero attached hydrogens (tertiary/aromatic N) is 1. The van der Waals surface area contributed by atoms with E-state index < -0.39 is 0 Å². The third-order valence-electron chi connectivity index (χ3n) is 5.05. The second-order valence-electron chi connectivity index (χ2n) is 7.84. The average Bonchev–Trinajstić information content (AvgIpc) is 2.66. The van der Waals surface area contributed by atoms with Crippen LogP contribution in [0.25, 0.3) is 0 Å². The van der Waals surface area contributed by atoms with Crippen molar-refractivity contribution in [2.45, 2.75) is 52.0 Å². The summed E-state index contributed by atoms with van der Waals surface area (Å²) < 4.78 is 10.4. The van der Waals surface area contributed by atoms with Gasteiger partial charge in [0.2, 0.25) is 0 Å². The number of ether oxygens (including phenoxy) is 2. The van der Waals surface area contributed by atoms with Crippen molar-refractivity contribution in [3.05, 3.63) is 23.8 Å². The Hall–Kier alpha value is -1.86. The highest BCUT2D eigenvalue weighted by Gasteiger charge is 2.25. The van der Waals surface area contributed by atoms with Gasteiger partial charge in [-0.1, -0.05) is 26.8 Å². The number of benzene rings is 1. The van der Waals surface area contributed by atoms with Gasteiger partial charge in [-0.15, -0.1) is 0 Å². The van der Waals surface area contributed by atoms with E-state index in [1.165, 1.54) is 7.11 Å². The van der Waals surface area contributed by atoms with Gasteiger partial charge in [0.25, 0.3) is 0 Å². The molecular weight excluding hydrogens is 374 g/mol. The van der Waals surface area contributed by atoms with E-state index in [0.717, 1.165) is 49.5 Å². The highest BCUT2D eigenvalue weighted by Crippen LogP contribution is 2.34. The van der Waals surface area contributed by atoms with E-state index in [1.54, 1.807) is 0 Å². The molecular formula is C21H33N3O3S. The predicted molar refractivity (Wildman–Crippen MR) is 118 cm³/mol. The Morgan fingerprint density at radius 2 is 2.04 bits per heavy atom. The Morgan fingerprint density at radius 1 is 1.36 bits per heavy atom. The summed E-state index contributed by atoms with van der Waals surface area (Å²) in [6.07, 6.45) is 2.33. The summed E-state index contributed by atoms with van der Waals surface area (Å²) in [5, 5.41) is 3.38. The topological polar surface area (TPSA) is 76.8 Å². The molecule has 0 amide bonds. The molecule has 0 spiro atoms. The zero-order valence-corrected chi connectivity index (χ0v) is 18.2. The van der Waals surface area contributed by atoms with Crippen molar-refractivity contribution in [2.24, 2.45) is 11.7 Å². The lowest BCUT2D eigenvalue weighted by Crippen LogP contribution is -2.42. The molecule has 0 bridgehead atoms. The smallest absolute Gasteiger partial charge is 0.306 e. The van der Waals surface area contributed by atoms with E-state index in [-0.39, 0.29) is 17.0 Å². The van der Waals surface area contributed by atoms with Crippen molar-refractivity contribution in [1.82, 2.24) is 0 Å². The lowest BCUT2D eigenvalue weighted by atomic mass is 9.95. The quantitative estimate of drug-likeness (QED) is 0.503. The molecule has 1 aromatic carbocycles. The molecule has 28 heavy (non-hydrogen) atoms. The second kappa shape index (κ2) is 10.6. The zero-order chi connectivity index (χ0) is 20.7. The zero-order valence-electron chi connectivity index (χ0n) is 17.4. The number of methoxy groups -OCH3 is 1. The van der Waals surface area contributed by atoms with Crippen molar-refractivity contribution >= 4 is 34.7 Å². The van der Waals surface area contributed by atoms with E-state index in [4.69, 9.17) is 27.4 Å². The van der Waals surface area contributed by atoms with E-state index >= 15 is 0 Å². The predicted octanol–water partition coefficient (Wildman–Crippen LogP) is 3.65. The van der Waals surface area contributed by atoms with Crippen LogP contribution < -0.4 is 16.0 Å². The summed E-state index contributed by atoms with van der Waals surface area (Å²) in [6, 6.07) is 6.66. The van der Waals surface area contributed by atoms with Crippen LogP contribution in [-0.2, 0) is 14.3 Å². The molecule has 2 rings (SSSR count). The van der Waals surface area contributed by atoms with Gasteiger partial charge in [-0.25, -0.2) is 0 Å². The lowest BCUT2D eigenvalue weighted by Gasteiger charge is -2.38. The maximum Gasteiger partial charge on any atom is 0.306 e. The number of rotatable bonds is 8. The molecule has 1 unspecified atom stereocenters. The van der Waals surface area contributed by atoms with Gasteiger partial charge < -0.3 is 25.4 Å². The maximum absolute atomic E-state index is 11.7. The first-order chi connectivity index (χ1) is 13.3. The maximum atomic E-state index is 11.7. The third-order valence-corrected chi connectivity index (χ3v) is 5.15. The fourth-order valence-corrected chi connectivity index (χ4v) is 3.74. The fourth-order valence-electron chi connectivity index (χ4n) is 3.63. The monoisotopic (exact) mass is 407 g/mol. The minimum atomic E-state index is -0.218. The van der Waals surface area contributed by atoms with Gasteiger partial charge in [0.15, 0.2) is 5.11 Å². The second-order valence-corrected chi connectivity index (χ2v) is 8.28. The number of hydrogen-bond donors (Lipinski definition) is 2. The van der Waals surface area contributed by atoms with Crippen molar-refractivity contribution < 1.29 is 14.3 Å². The highest BCUT2D eigenvalue weighted by molar-refractivity contribution is 7.80. The standard InChI is InChI=1S/C21H33N3O3S/c1-14(2)13-24(17-7-9-27-10-8-17)19-6-5-16(12-18(19)23-21(22)28)15(3)11-20(25)26-4/h5-6,12,14-15,17H,7-11,13H2,1-4H3,(H3,22,23,28). The summed E-state index contributed by atoms with van der Waals surface area (Å²) in [7, 11) is 1.41. The first-order valence-corrected chi connectivity index (χ1v) is 10.3. The Morgan fingerprint density at radius 3 is 2.61 bits per heavy atom. The first-order valence-electron chi connectivity index (χ1n) is 9.93. The van der Waals surface area contributed by atoms with Crippen LogP contribution in [0.4, 0.5) is 11.4 Å². The normalized spacial score (nSPS) is 15.9. The minimum absolute atomic E-state index is 0.0371. The van der Waals surface area contributed by atoms with Crippen LogP contribution >= 0.6 is 12.2 Å². The molecule has 1 aliphatic rings. The molecule has 1 fully saturated rings. The highest BCUT2D eigenvalue weighted by atomic mass is 32.1. The molecule has 0 aromatic heterocycles. The Kier molecular flexibility index (Phi) is 8.51. The molecule has 1 heterocycles. The van der Waals surface area contributed by atoms with Crippen molar-refractivity contribution in [3.63, 3.8) is 0 Å². The van der Waals surface area contributed by atoms with Crippen molar-refractivity contribution in [2.75, 3.05) is 37.1 Å². The Labute approximate surface area is 173 Å². The largest absolute Gasteiger partial charge is 0.469 e. The van der Waals surface area contributed by atoms with Crippen LogP contribution in [0.2, 0.25) is 0 Å². The first kappa shape index (κ1) is 22.4. The summed E-state index contributed by atoms with van der Waals surface area (Å²) in [5.41, 5.74) is 8.82. The molecule has 3 N–H and O–H groups in total. The van der Waals surface area contributed by atoms with E-state index in [0.29, 0.717) is 18.4 Å². The SMILES string of the molecule is COC(=O)CC(C)c1ccc(N(CC(C)C)C2CCOCC2)c(NC(N)=S)c1. The van der Waals surface area contributed by atoms with Crippen LogP contribution in [0.5, 0.6) is 0 Å². The summed E-state index contributed by atoms with van der Waals surface area (Å²) in [4.78, 5) is 14.1. The summed E-state index contributed by atoms with van der Waals surface area (Å²) >= 11 is 5.12. The van der Waals surface area contributed by atoms with Crippen LogP contribution in [0, 0.1) is 5.92 Å². The van der Waals surface area contributed by atoms with Gasteiger partial charge in [0.1, 0.15) is 0 Å². The number of anilines is 2. The number of carbonyl (C=O) groups excluding carboxylic acids is 1. The Bertz CT molecular complexity index is 675. The van der Waals surface area contributed by atoms with Crippen LogP contribution in [-0.4, -0.2) is 44.0 Å². The van der Waals surface area contributed by atoms with Gasteiger partial charge in [0.05, 0.1) is 24.9 Å². The average molecular weight is 408 g/mol. The van der Waals surface area contributed by atoms with Gasteiger partial charge in [-0.3, -0.25) is 4.79 Å². The van der Waals surface area contributed by atoms with Crippen LogP contribution in [0.1, 0.15) is 51.5 Å². The number of carbonyl (C=O) groups is 1. The fraction of sp³-hybridized carbons (Fsp3) is 0.619. The molecule has 156 valence electrons. The van der Waals surface area contributed by atoms with Gasteiger partial charge in [-0.2, -0.15) is 0 Å². The molecule has 0 saturated carbocycles. The van der Waals surface area contributed by atoms with Crippen LogP contribution in [0.15, 0.2) is 18.2 Å². The Balaban J connectivity index is 2.38. The number of esters is 1. The third kappa shape index (κ3) is 6.34. The van der Waals surface area contributed by atoms with Gasteiger partial charge >= 0.3 is 5.97 Å². The molecule has 1 atom stereocenters. The molecule has 0 aliphatic carbocycles. The summed E-state index contributed by atoms with van der Waals surface area (Å²) in [6.45, 7) is 8.96. The molecule has 1 aliphatic heterocycles. The minimum Gasteiger partial charge on any atom is -0.469 e. The molecule has 7 heteroatoms. The lowest BCUT2D eigenvalue weighted by molar-refractivity contribution is -0.140. The molecule has 0 radical (unpaired) electrons. The van der Waals surface area contributed by atoms with E-state index in [1.807, 2.05) is 6.92 Å². The van der Waals surface area contributed by atoms with Crippen molar-refractivity contribution in [3.8, 4) is 0 Å². The van der Waals surface area contributed by atoms with Gasteiger partial charge in [-0.05, 0) is 54.6 Å². The number of nitrogens with one attached hydrogen (secondary N) is 1. The number of nitrogens with two attached hydrogens (primary N) is 1. The molecule has 1 aromatic rings. The molecule has 6 nitrogen and oxygen atoms in total. The van der Waals surface area contributed by atoms with Crippen molar-refractivity contribution in [1.29, 1.82) is 0 Å². The number of thiocarbonyl (C=S) groups is 1. The summed E-state index contributed by atoms with van der Waals surface area (Å²) in [5.74, 6) is 0.331.